The van der Waals surface area contributed by atoms with Crippen LogP contribution in [0.25, 0.3) is 0 Å². The minimum atomic E-state index is -0.924. The van der Waals surface area contributed by atoms with E-state index in [4.69, 9.17) is 14.2 Å². The molecule has 2 atom stereocenters. The van der Waals surface area contributed by atoms with E-state index in [0.717, 1.165) is 24.8 Å². The van der Waals surface area contributed by atoms with Crippen molar-refractivity contribution >= 4 is 12.0 Å². The Balaban J connectivity index is 1.53. The number of carbonyl (C=O) groups is 2. The van der Waals surface area contributed by atoms with E-state index in [-0.39, 0.29) is 6.61 Å². The van der Waals surface area contributed by atoms with E-state index >= 15 is 0 Å². The maximum absolute atomic E-state index is 13.0. The summed E-state index contributed by atoms with van der Waals surface area (Å²) in [5, 5.41) is 12.2. The van der Waals surface area contributed by atoms with Crippen molar-refractivity contribution in [3.8, 4) is 6.07 Å². The Hall–Kier alpha value is -2.63. The normalized spacial score (nSPS) is 18.7. The van der Waals surface area contributed by atoms with Crippen molar-refractivity contribution in [2.45, 2.75) is 63.7 Å². The Kier molecular flexibility index (Phi) is 10.5. The van der Waals surface area contributed by atoms with Gasteiger partial charge in [-0.25, -0.2) is 4.79 Å². The summed E-state index contributed by atoms with van der Waals surface area (Å²) in [6.45, 7) is 2.23. The highest BCUT2D eigenvalue weighted by Gasteiger charge is 2.29. The van der Waals surface area contributed by atoms with Crippen molar-refractivity contribution in [3.05, 3.63) is 35.9 Å². The van der Waals surface area contributed by atoms with Gasteiger partial charge in [-0.3, -0.25) is 4.79 Å². The van der Waals surface area contributed by atoms with Crippen LogP contribution in [0, 0.1) is 17.2 Å². The number of rotatable bonds is 10. The maximum Gasteiger partial charge on any atom is 0.410 e. The first-order chi connectivity index (χ1) is 16.2. The Bertz CT molecular complexity index is 770. The first-order valence-corrected chi connectivity index (χ1v) is 12.0. The van der Waals surface area contributed by atoms with Crippen molar-refractivity contribution in [1.29, 1.82) is 5.26 Å². The second kappa shape index (κ2) is 13.8. The maximum atomic E-state index is 13.0. The molecule has 1 aromatic carbocycles. The molecule has 8 heteroatoms. The van der Waals surface area contributed by atoms with Crippen LogP contribution in [0.3, 0.4) is 0 Å². The number of nitriles is 1. The van der Waals surface area contributed by atoms with Gasteiger partial charge in [-0.05, 0) is 24.3 Å². The third kappa shape index (κ3) is 8.67. The standard InChI is InChI=1S/C25H35N3O5/c26-17-22(19-32-18-21-9-5-2-6-10-21)27-24(29)23(12-11-20-7-3-1-4-8-20)33-25(30)28-13-15-31-16-14-28/h2,5-6,9-10,20,22-23H,1,3-4,7-8,11-16,18-19H2,(H,27,29)/t22-,23+/m1/s1. The molecule has 8 nitrogen and oxygen atoms in total. The van der Waals surface area contributed by atoms with E-state index in [2.05, 4.69) is 11.4 Å². The summed E-state index contributed by atoms with van der Waals surface area (Å²) < 4.78 is 16.5. The van der Waals surface area contributed by atoms with Gasteiger partial charge in [-0.15, -0.1) is 0 Å². The number of hydrogen-bond acceptors (Lipinski definition) is 6. The summed E-state index contributed by atoms with van der Waals surface area (Å²) in [6.07, 6.45) is 5.85. The summed E-state index contributed by atoms with van der Waals surface area (Å²) in [5.41, 5.74) is 0.991. The quantitative estimate of drug-likeness (QED) is 0.578. The molecule has 1 saturated heterocycles. The number of amides is 2. The van der Waals surface area contributed by atoms with Crippen LogP contribution in [0.1, 0.15) is 50.5 Å². The molecule has 1 N–H and O–H groups in total. The van der Waals surface area contributed by atoms with E-state index in [1.807, 2.05) is 30.3 Å². The van der Waals surface area contributed by atoms with Crippen LogP contribution in [-0.2, 0) is 25.6 Å². The Morgan fingerprint density at radius 2 is 1.88 bits per heavy atom. The minimum absolute atomic E-state index is 0.0594. The van der Waals surface area contributed by atoms with Crippen molar-refractivity contribution < 1.29 is 23.8 Å². The van der Waals surface area contributed by atoms with Crippen molar-refractivity contribution in [3.63, 3.8) is 0 Å². The van der Waals surface area contributed by atoms with E-state index in [1.54, 1.807) is 4.90 Å². The van der Waals surface area contributed by atoms with E-state index < -0.39 is 24.1 Å². The van der Waals surface area contributed by atoms with Crippen LogP contribution in [-0.4, -0.2) is 62.0 Å². The molecule has 1 heterocycles. The van der Waals surface area contributed by atoms with Gasteiger partial charge in [-0.2, -0.15) is 5.26 Å². The Morgan fingerprint density at radius 1 is 1.15 bits per heavy atom. The fourth-order valence-electron chi connectivity index (χ4n) is 4.29. The topological polar surface area (TPSA) is 101 Å². The number of ether oxygens (including phenoxy) is 3. The first-order valence-electron chi connectivity index (χ1n) is 12.0. The van der Waals surface area contributed by atoms with Gasteiger partial charge >= 0.3 is 6.09 Å². The number of carbonyl (C=O) groups excluding carboxylic acids is 2. The van der Waals surface area contributed by atoms with Crippen LogP contribution in [0.15, 0.2) is 30.3 Å². The zero-order valence-electron chi connectivity index (χ0n) is 19.2. The average molecular weight is 458 g/mol. The molecule has 0 bridgehead atoms. The lowest BCUT2D eigenvalue weighted by Crippen LogP contribution is -2.48. The molecule has 1 aromatic rings. The zero-order valence-corrected chi connectivity index (χ0v) is 19.2. The number of nitrogens with zero attached hydrogens (tertiary/aromatic N) is 2. The van der Waals surface area contributed by atoms with E-state index in [0.29, 0.717) is 45.2 Å². The second-order valence-corrected chi connectivity index (χ2v) is 8.74. The summed E-state index contributed by atoms with van der Waals surface area (Å²) >= 11 is 0. The van der Waals surface area contributed by atoms with Crippen LogP contribution in [0.5, 0.6) is 0 Å². The Labute approximate surface area is 196 Å². The lowest BCUT2D eigenvalue weighted by Gasteiger charge is -2.29. The highest BCUT2D eigenvalue weighted by molar-refractivity contribution is 5.84. The molecule has 1 aliphatic carbocycles. The second-order valence-electron chi connectivity index (χ2n) is 8.74. The van der Waals surface area contributed by atoms with Gasteiger partial charge < -0.3 is 24.4 Å². The first kappa shape index (κ1) is 25.0. The molecular weight excluding hydrogens is 422 g/mol. The number of hydrogen-bond donors (Lipinski definition) is 1. The van der Waals surface area contributed by atoms with Crippen molar-refractivity contribution in [2.75, 3.05) is 32.9 Å². The van der Waals surface area contributed by atoms with Gasteiger partial charge in [0, 0.05) is 13.1 Å². The molecule has 2 fully saturated rings. The summed E-state index contributed by atoms with van der Waals surface area (Å²) in [5.74, 6) is 0.111. The van der Waals surface area contributed by atoms with Gasteiger partial charge in [0.1, 0.15) is 6.04 Å². The molecule has 1 aliphatic heterocycles. The van der Waals surface area contributed by atoms with Gasteiger partial charge in [-0.1, -0.05) is 62.4 Å². The van der Waals surface area contributed by atoms with Crippen LogP contribution < -0.4 is 5.32 Å². The molecule has 1 saturated carbocycles. The molecule has 3 rings (SSSR count). The SMILES string of the molecule is N#C[C@H](COCc1ccccc1)NC(=O)[C@H](CCC1CCCCC1)OC(=O)N1CCOCC1. The Morgan fingerprint density at radius 3 is 2.58 bits per heavy atom. The molecule has 0 radical (unpaired) electrons. The van der Waals surface area contributed by atoms with E-state index in [9.17, 15) is 14.9 Å². The molecule has 0 spiro atoms. The van der Waals surface area contributed by atoms with Crippen LogP contribution in [0.2, 0.25) is 0 Å². The summed E-state index contributed by atoms with van der Waals surface area (Å²) in [7, 11) is 0. The van der Waals surface area contributed by atoms with Gasteiger partial charge in [0.25, 0.3) is 5.91 Å². The van der Waals surface area contributed by atoms with Crippen LogP contribution >= 0.6 is 0 Å². The fourth-order valence-corrected chi connectivity index (χ4v) is 4.29. The highest BCUT2D eigenvalue weighted by atomic mass is 16.6. The molecule has 0 aromatic heterocycles. The van der Waals surface area contributed by atoms with E-state index in [1.165, 1.54) is 19.3 Å². The lowest BCUT2D eigenvalue weighted by molar-refractivity contribution is -0.131. The molecule has 180 valence electrons. The smallest absolute Gasteiger partial charge is 0.410 e. The third-order valence-electron chi connectivity index (χ3n) is 6.24. The van der Waals surface area contributed by atoms with Crippen LogP contribution in [0.4, 0.5) is 4.79 Å². The molecule has 0 unspecified atom stereocenters. The zero-order chi connectivity index (χ0) is 23.3. The van der Waals surface area contributed by atoms with Crippen molar-refractivity contribution in [1.82, 2.24) is 10.2 Å². The average Bonchev–Trinajstić information content (AvgIpc) is 2.87. The van der Waals surface area contributed by atoms with Gasteiger partial charge in [0.05, 0.1) is 32.5 Å². The number of morpholine rings is 1. The number of benzene rings is 1. The fraction of sp³-hybridized carbons (Fsp3) is 0.640. The highest BCUT2D eigenvalue weighted by Crippen LogP contribution is 2.28. The minimum Gasteiger partial charge on any atom is -0.436 e. The molecular formula is C25H35N3O5. The largest absolute Gasteiger partial charge is 0.436 e. The molecule has 2 aliphatic rings. The summed E-state index contributed by atoms with van der Waals surface area (Å²) in [4.78, 5) is 27.2. The van der Waals surface area contributed by atoms with Crippen molar-refractivity contribution in [2.24, 2.45) is 5.92 Å². The monoisotopic (exact) mass is 457 g/mol. The molecule has 2 amide bonds. The number of nitrogens with one attached hydrogen (secondary N) is 1. The predicted octanol–water partition coefficient (Wildman–Crippen LogP) is 3.41. The molecule has 33 heavy (non-hydrogen) atoms. The van der Waals surface area contributed by atoms with Gasteiger partial charge in [0.2, 0.25) is 0 Å². The lowest BCUT2D eigenvalue weighted by atomic mass is 9.85. The third-order valence-corrected chi connectivity index (χ3v) is 6.24. The van der Waals surface area contributed by atoms with Gasteiger partial charge in [0.15, 0.2) is 6.10 Å². The summed E-state index contributed by atoms with van der Waals surface area (Å²) in [6, 6.07) is 10.9. The predicted molar refractivity (Wildman–Crippen MR) is 122 cm³/mol.